The van der Waals surface area contributed by atoms with Gasteiger partial charge in [-0.25, -0.2) is 10.4 Å². The van der Waals surface area contributed by atoms with Gasteiger partial charge in [-0.05, 0) is 64.3 Å². The molecule has 1 aliphatic heterocycles. The van der Waals surface area contributed by atoms with Gasteiger partial charge in [0.05, 0.1) is 17.6 Å². The first-order valence-electron chi connectivity index (χ1n) is 10.8. The summed E-state index contributed by atoms with van der Waals surface area (Å²) in [4.78, 5) is 30.1. The van der Waals surface area contributed by atoms with Gasteiger partial charge < -0.3 is 10.4 Å². The number of carbonyl (C=O) groups excluding carboxylic acids is 2. The normalized spacial score (nSPS) is 16.0. The second kappa shape index (κ2) is 13.9. The average molecular weight is 442 g/mol. The van der Waals surface area contributed by atoms with E-state index in [1.807, 2.05) is 32.9 Å². The van der Waals surface area contributed by atoms with Gasteiger partial charge in [0, 0.05) is 23.9 Å². The minimum Gasteiger partial charge on any atom is -0.397 e. The molecule has 0 unspecified atom stereocenters. The predicted octanol–water partition coefficient (Wildman–Crippen LogP) is 3.80. The van der Waals surface area contributed by atoms with E-state index >= 15 is 0 Å². The second-order valence-electron chi connectivity index (χ2n) is 7.10. The van der Waals surface area contributed by atoms with Crippen LogP contribution in [0.15, 0.2) is 51.8 Å². The molecule has 0 saturated carbocycles. The van der Waals surface area contributed by atoms with Gasteiger partial charge in [-0.1, -0.05) is 26.0 Å². The predicted molar refractivity (Wildman–Crippen MR) is 130 cm³/mol. The highest BCUT2D eigenvalue weighted by molar-refractivity contribution is 5.98. The molecule has 0 aromatic heterocycles. The van der Waals surface area contributed by atoms with Crippen LogP contribution in [0.2, 0.25) is 0 Å². The van der Waals surface area contributed by atoms with E-state index in [2.05, 4.69) is 29.7 Å². The van der Waals surface area contributed by atoms with Crippen molar-refractivity contribution in [1.82, 2.24) is 15.6 Å². The molecule has 174 valence electrons. The lowest BCUT2D eigenvalue weighted by molar-refractivity contribution is -0.104. The van der Waals surface area contributed by atoms with Crippen LogP contribution in [0.25, 0.3) is 0 Å². The van der Waals surface area contributed by atoms with E-state index in [1.54, 1.807) is 30.2 Å². The molecule has 1 heterocycles. The highest BCUT2D eigenvalue weighted by Gasteiger charge is 2.21. The van der Waals surface area contributed by atoms with Crippen LogP contribution < -0.4 is 10.7 Å². The number of hydrogen-bond donors (Lipinski definition) is 3. The lowest BCUT2D eigenvalue weighted by Crippen LogP contribution is -2.41. The summed E-state index contributed by atoms with van der Waals surface area (Å²) in [5, 5.41) is 14.8. The Balaban J connectivity index is 0.00000161. The number of hydrogen-bond acceptors (Lipinski definition) is 5. The summed E-state index contributed by atoms with van der Waals surface area (Å²) in [6.07, 6.45) is 7.51. The molecule has 3 N–H and O–H groups in total. The van der Waals surface area contributed by atoms with Gasteiger partial charge in [0.1, 0.15) is 6.29 Å². The highest BCUT2D eigenvalue weighted by Crippen LogP contribution is 2.23. The monoisotopic (exact) mass is 441 g/mol. The van der Waals surface area contributed by atoms with E-state index < -0.39 is 0 Å². The number of aryl methyl sites for hydroxylation is 1. The number of amides is 1. The average Bonchev–Trinajstić information content (AvgIpc) is 2.79. The van der Waals surface area contributed by atoms with Crippen molar-refractivity contribution in [2.24, 2.45) is 10.1 Å². The summed E-state index contributed by atoms with van der Waals surface area (Å²) >= 11 is 0. The molecule has 8 nitrogen and oxygen atoms in total. The Hall–Kier alpha value is -3.26. The number of nitrogens with zero attached hydrogens (tertiary/aromatic N) is 3. The third-order valence-corrected chi connectivity index (χ3v) is 4.81. The van der Waals surface area contributed by atoms with Crippen LogP contribution in [-0.2, 0) is 4.79 Å². The molecule has 32 heavy (non-hydrogen) atoms. The number of aliphatic hydroxyl groups is 1. The van der Waals surface area contributed by atoms with Crippen LogP contribution in [0.5, 0.6) is 0 Å². The van der Waals surface area contributed by atoms with E-state index in [1.165, 1.54) is 6.08 Å². The molecular weight excluding hydrogens is 406 g/mol. The summed E-state index contributed by atoms with van der Waals surface area (Å²) in [6.45, 7) is 11.7. The van der Waals surface area contributed by atoms with Crippen molar-refractivity contribution in [3.63, 3.8) is 0 Å². The van der Waals surface area contributed by atoms with Crippen molar-refractivity contribution in [3.8, 4) is 0 Å². The van der Waals surface area contributed by atoms with Gasteiger partial charge in [0.15, 0.2) is 0 Å². The first-order valence-corrected chi connectivity index (χ1v) is 10.8. The minimum atomic E-state index is -0.113. The molecule has 0 atom stereocenters. The summed E-state index contributed by atoms with van der Waals surface area (Å²) < 4.78 is 0. The Bertz CT molecular complexity index is 899. The van der Waals surface area contributed by atoms with E-state index in [-0.39, 0.29) is 18.6 Å². The van der Waals surface area contributed by atoms with Crippen molar-refractivity contribution < 1.29 is 14.7 Å². The molecular formula is C24H35N5O3. The van der Waals surface area contributed by atoms with Crippen LogP contribution in [-0.4, -0.2) is 47.0 Å². The fraction of sp³-hybridized carbons (Fsp3) is 0.417. The van der Waals surface area contributed by atoms with Gasteiger partial charge in [-0.2, -0.15) is 5.10 Å². The highest BCUT2D eigenvalue weighted by atomic mass is 16.2. The zero-order valence-electron chi connectivity index (χ0n) is 19.8. The van der Waals surface area contributed by atoms with Crippen molar-refractivity contribution >= 4 is 30.1 Å². The van der Waals surface area contributed by atoms with Crippen molar-refractivity contribution in [2.45, 2.75) is 60.4 Å². The number of rotatable bonds is 7. The zero-order valence-corrected chi connectivity index (χ0v) is 19.8. The quantitative estimate of drug-likeness (QED) is 0.441. The summed E-state index contributed by atoms with van der Waals surface area (Å²) in [7, 11) is 0. The summed E-state index contributed by atoms with van der Waals surface area (Å²) in [5.74, 6) is 0.342. The number of allylic oxidation sites excluding steroid dienone is 4. The van der Waals surface area contributed by atoms with Gasteiger partial charge in [0.2, 0.25) is 5.96 Å². The van der Waals surface area contributed by atoms with Gasteiger partial charge >= 0.3 is 0 Å². The zero-order chi connectivity index (χ0) is 24.1. The topological polar surface area (TPSA) is 106 Å². The third kappa shape index (κ3) is 7.46. The lowest BCUT2D eigenvalue weighted by atomic mass is 10.1. The van der Waals surface area contributed by atoms with E-state index in [4.69, 9.17) is 10.1 Å². The number of guanidine groups is 1. The number of hydrazone groups is 1. The summed E-state index contributed by atoms with van der Waals surface area (Å²) in [6, 6.07) is 5.60. The van der Waals surface area contributed by atoms with Crippen molar-refractivity contribution in [3.05, 3.63) is 52.9 Å². The van der Waals surface area contributed by atoms with E-state index in [0.717, 1.165) is 30.4 Å². The van der Waals surface area contributed by atoms with Crippen LogP contribution in [0.1, 0.15) is 63.4 Å². The van der Waals surface area contributed by atoms with Crippen LogP contribution in [0, 0.1) is 6.92 Å². The maximum Gasteiger partial charge on any atom is 0.251 e. The molecule has 1 aromatic carbocycles. The molecule has 0 bridgehead atoms. The fourth-order valence-electron chi connectivity index (χ4n) is 2.96. The molecule has 1 aromatic rings. The van der Waals surface area contributed by atoms with Crippen molar-refractivity contribution in [1.29, 1.82) is 0 Å². The maximum absolute atomic E-state index is 12.6. The third-order valence-electron chi connectivity index (χ3n) is 4.81. The first kappa shape index (κ1) is 26.8. The Morgan fingerprint density at radius 2 is 1.97 bits per heavy atom. The second-order valence-corrected chi connectivity index (χ2v) is 7.10. The number of carbonyl (C=O) groups is 2. The molecule has 1 amide bonds. The van der Waals surface area contributed by atoms with Crippen LogP contribution in [0.3, 0.4) is 0 Å². The Morgan fingerprint density at radius 1 is 1.31 bits per heavy atom. The molecule has 0 saturated heterocycles. The summed E-state index contributed by atoms with van der Waals surface area (Å²) in [5.41, 5.74) is 6.52. The Kier molecular flexibility index (Phi) is 11.7. The number of aliphatic imine (C=N–C) groups is 1. The number of benzene rings is 1. The lowest BCUT2D eigenvalue weighted by Gasteiger charge is -2.29. The van der Waals surface area contributed by atoms with Gasteiger partial charge in [-0.15, -0.1) is 0 Å². The Morgan fingerprint density at radius 3 is 2.53 bits per heavy atom. The molecule has 0 radical (unpaired) electrons. The standard InChI is InChI=1S/C22H29N5O2.C2H6O/c1-6-18(7-2)24-21(29)17-10-9-15(4)20(13-17)25-22-26-23-14-19(8-3)27(22)16(5)11-12-28;1-2-3/h8-14,18H,6-7H2,1-5H3,(H,24,29)(H,25,26);3H,2H2,1H3/b16-11+,19-8-;. The number of aliphatic hydroxyl groups excluding tert-OH is 1. The van der Waals surface area contributed by atoms with Crippen LogP contribution in [0.4, 0.5) is 5.69 Å². The molecule has 0 spiro atoms. The largest absolute Gasteiger partial charge is 0.397 e. The fourth-order valence-corrected chi connectivity index (χ4v) is 2.96. The van der Waals surface area contributed by atoms with Crippen LogP contribution >= 0.6 is 0 Å². The first-order chi connectivity index (χ1) is 15.4. The SMILES string of the molecule is C/C=C1/C=NNC(=Nc2cc(C(=O)NC(CC)CC)ccc2C)N1/C(C)=C/C=O.CCO. The van der Waals surface area contributed by atoms with E-state index in [9.17, 15) is 9.59 Å². The molecule has 1 aliphatic rings. The van der Waals surface area contributed by atoms with Gasteiger partial charge in [-0.3, -0.25) is 14.5 Å². The molecule has 0 aliphatic carbocycles. The Labute approximate surface area is 190 Å². The smallest absolute Gasteiger partial charge is 0.251 e. The van der Waals surface area contributed by atoms with Gasteiger partial charge in [0.25, 0.3) is 5.91 Å². The number of nitrogens with one attached hydrogen (secondary N) is 2. The number of aldehydes is 1. The maximum atomic E-state index is 12.6. The molecule has 8 heteroatoms. The molecule has 0 fully saturated rings. The minimum absolute atomic E-state index is 0.113. The molecule has 2 rings (SSSR count). The van der Waals surface area contributed by atoms with E-state index in [0.29, 0.717) is 22.9 Å². The van der Waals surface area contributed by atoms with Crippen molar-refractivity contribution in [2.75, 3.05) is 6.61 Å².